The average molecular weight is 416 g/mol. The Morgan fingerprint density at radius 1 is 1.03 bits per heavy atom. The summed E-state index contributed by atoms with van der Waals surface area (Å²) < 4.78 is 27.9. The maximum Gasteiger partial charge on any atom is 0.261 e. The molecule has 1 amide bonds. The highest BCUT2D eigenvalue weighted by Gasteiger charge is 2.24. The zero-order valence-electron chi connectivity index (χ0n) is 17.5. The molecule has 0 spiro atoms. The van der Waals surface area contributed by atoms with E-state index in [0.717, 1.165) is 37.1 Å². The molecule has 0 atom stereocenters. The largest absolute Gasteiger partial charge is 0.339 e. The molecule has 1 aliphatic rings. The topological polar surface area (TPSA) is 69.7 Å². The number of carbonyl (C=O) groups is 1. The number of nitrogens with zero attached hydrogens (tertiary/aromatic N) is 2. The Bertz CT molecular complexity index is 979. The first kappa shape index (κ1) is 21.3. The standard InChI is InChI=1S/C22H29N3O3S/c1-16-5-10-21(15-17(16)2)29(27,28)23-19-8-6-18(7-9-19)22(26)25(4)20-11-13-24(3)14-12-20/h5-10,15,20,23H,11-14H2,1-4H3. The summed E-state index contributed by atoms with van der Waals surface area (Å²) >= 11 is 0. The van der Waals surface area contributed by atoms with Crippen molar-refractivity contribution in [2.24, 2.45) is 0 Å². The third-order valence-electron chi connectivity index (χ3n) is 5.73. The predicted octanol–water partition coefficient (Wildman–Crippen LogP) is 3.27. The SMILES string of the molecule is Cc1ccc(S(=O)(=O)Nc2ccc(C(=O)N(C)C3CCN(C)CC3)cc2)cc1C. The lowest BCUT2D eigenvalue weighted by molar-refractivity contribution is 0.0659. The van der Waals surface area contributed by atoms with Crippen molar-refractivity contribution in [3.8, 4) is 0 Å². The minimum atomic E-state index is -3.67. The van der Waals surface area contributed by atoms with Crippen LogP contribution in [-0.4, -0.2) is 57.4 Å². The number of amides is 1. The van der Waals surface area contributed by atoms with Crippen LogP contribution >= 0.6 is 0 Å². The van der Waals surface area contributed by atoms with Gasteiger partial charge in [0.05, 0.1) is 4.90 Å². The first-order valence-corrected chi connectivity index (χ1v) is 11.3. The summed E-state index contributed by atoms with van der Waals surface area (Å²) in [6, 6.07) is 11.9. The first-order valence-electron chi connectivity index (χ1n) is 9.83. The summed E-state index contributed by atoms with van der Waals surface area (Å²) in [6.45, 7) is 5.80. The Morgan fingerprint density at radius 3 is 2.24 bits per heavy atom. The lowest BCUT2D eigenvalue weighted by Crippen LogP contribution is -2.44. The quantitative estimate of drug-likeness (QED) is 0.814. The van der Waals surface area contributed by atoms with E-state index in [-0.39, 0.29) is 16.8 Å². The number of nitrogens with one attached hydrogen (secondary N) is 1. The minimum absolute atomic E-state index is 0.0388. The maximum atomic E-state index is 12.8. The van der Waals surface area contributed by atoms with Crippen LogP contribution in [0.15, 0.2) is 47.4 Å². The molecule has 1 aliphatic heterocycles. The smallest absolute Gasteiger partial charge is 0.261 e. The van der Waals surface area contributed by atoms with Crippen molar-refractivity contribution in [1.29, 1.82) is 0 Å². The number of piperidine rings is 1. The molecule has 0 aliphatic carbocycles. The second-order valence-corrected chi connectivity index (χ2v) is 9.56. The van der Waals surface area contributed by atoms with Crippen LogP contribution in [0.1, 0.15) is 34.3 Å². The predicted molar refractivity (Wildman–Crippen MR) is 116 cm³/mol. The first-order chi connectivity index (χ1) is 13.7. The Morgan fingerprint density at radius 2 is 1.66 bits per heavy atom. The molecule has 29 heavy (non-hydrogen) atoms. The van der Waals surface area contributed by atoms with Crippen molar-refractivity contribution >= 4 is 21.6 Å². The number of carbonyl (C=O) groups excluding carboxylic acids is 1. The molecule has 0 unspecified atom stereocenters. The summed E-state index contributed by atoms with van der Waals surface area (Å²) in [4.78, 5) is 17.1. The van der Waals surface area contributed by atoms with E-state index in [0.29, 0.717) is 11.3 Å². The molecule has 0 radical (unpaired) electrons. The Kier molecular flexibility index (Phi) is 6.29. The molecular formula is C22H29N3O3S. The molecule has 0 bridgehead atoms. The van der Waals surface area contributed by atoms with E-state index in [1.165, 1.54) is 0 Å². The summed E-state index contributed by atoms with van der Waals surface area (Å²) in [6.07, 6.45) is 1.93. The molecule has 0 aromatic heterocycles. The van der Waals surface area contributed by atoms with Crippen molar-refractivity contribution in [1.82, 2.24) is 9.80 Å². The summed E-state index contributed by atoms with van der Waals surface area (Å²) in [5.74, 6) is -0.0388. The van der Waals surface area contributed by atoms with E-state index in [9.17, 15) is 13.2 Å². The fraction of sp³-hybridized carbons (Fsp3) is 0.409. The number of anilines is 1. The molecule has 7 heteroatoms. The fourth-order valence-corrected chi connectivity index (χ4v) is 4.67. The second kappa shape index (κ2) is 8.55. The van der Waals surface area contributed by atoms with Crippen LogP contribution in [0.2, 0.25) is 0 Å². The third kappa shape index (κ3) is 4.97. The van der Waals surface area contributed by atoms with Gasteiger partial charge in [-0.05, 0) is 94.4 Å². The van der Waals surface area contributed by atoms with Gasteiger partial charge in [-0.3, -0.25) is 9.52 Å². The van der Waals surface area contributed by atoms with E-state index >= 15 is 0 Å². The molecule has 156 valence electrons. The van der Waals surface area contributed by atoms with Crippen LogP contribution in [0.4, 0.5) is 5.69 Å². The molecular weight excluding hydrogens is 386 g/mol. The average Bonchev–Trinajstić information content (AvgIpc) is 2.70. The van der Waals surface area contributed by atoms with Gasteiger partial charge < -0.3 is 9.80 Å². The number of sulfonamides is 1. The minimum Gasteiger partial charge on any atom is -0.339 e. The van der Waals surface area contributed by atoms with Gasteiger partial charge in [-0.2, -0.15) is 0 Å². The second-order valence-electron chi connectivity index (χ2n) is 7.88. The molecule has 0 saturated carbocycles. The van der Waals surface area contributed by atoms with Crippen LogP contribution in [-0.2, 0) is 10.0 Å². The van der Waals surface area contributed by atoms with Gasteiger partial charge in [-0.25, -0.2) is 8.42 Å². The lowest BCUT2D eigenvalue weighted by Gasteiger charge is -2.35. The van der Waals surface area contributed by atoms with Crippen LogP contribution in [0.25, 0.3) is 0 Å². The maximum absolute atomic E-state index is 12.8. The van der Waals surface area contributed by atoms with Gasteiger partial charge in [-0.1, -0.05) is 6.07 Å². The third-order valence-corrected chi connectivity index (χ3v) is 7.11. The van der Waals surface area contributed by atoms with E-state index < -0.39 is 10.0 Å². The Hall–Kier alpha value is -2.38. The van der Waals surface area contributed by atoms with E-state index in [4.69, 9.17) is 0 Å². The van der Waals surface area contributed by atoms with Crippen LogP contribution < -0.4 is 4.72 Å². The van der Waals surface area contributed by atoms with E-state index in [1.807, 2.05) is 20.9 Å². The van der Waals surface area contributed by atoms with Gasteiger partial charge in [0.1, 0.15) is 0 Å². The van der Waals surface area contributed by atoms with E-state index in [1.54, 1.807) is 47.4 Å². The fourth-order valence-electron chi connectivity index (χ4n) is 3.53. The van der Waals surface area contributed by atoms with Crippen LogP contribution in [0, 0.1) is 13.8 Å². The highest BCUT2D eigenvalue weighted by atomic mass is 32.2. The van der Waals surface area contributed by atoms with Crippen molar-refractivity contribution in [2.45, 2.75) is 37.6 Å². The monoisotopic (exact) mass is 415 g/mol. The van der Waals surface area contributed by atoms with Crippen molar-refractivity contribution in [2.75, 3.05) is 31.9 Å². The van der Waals surface area contributed by atoms with Gasteiger partial charge >= 0.3 is 0 Å². The Labute approximate surface area is 173 Å². The van der Waals surface area contributed by atoms with Gasteiger partial charge in [-0.15, -0.1) is 0 Å². The Balaban J connectivity index is 1.69. The van der Waals surface area contributed by atoms with Crippen molar-refractivity contribution < 1.29 is 13.2 Å². The highest BCUT2D eigenvalue weighted by Crippen LogP contribution is 2.21. The molecule has 1 heterocycles. The number of benzene rings is 2. The number of likely N-dealkylation sites (tertiary alicyclic amines) is 1. The zero-order chi connectivity index (χ0) is 21.2. The van der Waals surface area contributed by atoms with Crippen LogP contribution in [0.5, 0.6) is 0 Å². The summed E-state index contributed by atoms with van der Waals surface area (Å²) in [7, 11) is 0.261. The molecule has 1 saturated heterocycles. The van der Waals surface area contributed by atoms with Crippen molar-refractivity contribution in [3.05, 3.63) is 59.2 Å². The molecule has 3 rings (SSSR count). The lowest BCUT2D eigenvalue weighted by atomic mass is 10.0. The summed E-state index contributed by atoms with van der Waals surface area (Å²) in [5, 5.41) is 0. The highest BCUT2D eigenvalue weighted by molar-refractivity contribution is 7.92. The number of rotatable bonds is 5. The molecule has 1 fully saturated rings. The van der Waals surface area contributed by atoms with Gasteiger partial charge in [0.15, 0.2) is 0 Å². The van der Waals surface area contributed by atoms with Crippen molar-refractivity contribution in [3.63, 3.8) is 0 Å². The number of aryl methyl sites for hydroxylation is 2. The molecule has 2 aromatic carbocycles. The molecule has 2 aromatic rings. The zero-order valence-corrected chi connectivity index (χ0v) is 18.3. The number of hydrogen-bond acceptors (Lipinski definition) is 4. The number of hydrogen-bond donors (Lipinski definition) is 1. The van der Waals surface area contributed by atoms with Gasteiger partial charge in [0.2, 0.25) is 0 Å². The summed E-state index contributed by atoms with van der Waals surface area (Å²) in [5.41, 5.74) is 2.95. The normalized spacial score (nSPS) is 15.9. The van der Waals surface area contributed by atoms with Crippen LogP contribution in [0.3, 0.4) is 0 Å². The molecule has 1 N–H and O–H groups in total. The van der Waals surface area contributed by atoms with E-state index in [2.05, 4.69) is 16.7 Å². The van der Waals surface area contributed by atoms with Gasteiger partial charge in [0, 0.05) is 24.3 Å². The molecule has 6 nitrogen and oxygen atoms in total. The van der Waals surface area contributed by atoms with Gasteiger partial charge in [0.25, 0.3) is 15.9 Å².